The van der Waals surface area contributed by atoms with Gasteiger partial charge in [-0.25, -0.2) is 0 Å². The van der Waals surface area contributed by atoms with E-state index in [4.69, 9.17) is 14.2 Å². The van der Waals surface area contributed by atoms with Gasteiger partial charge in [0.1, 0.15) is 0 Å². The van der Waals surface area contributed by atoms with E-state index in [9.17, 15) is 0 Å². The van der Waals surface area contributed by atoms with E-state index < -0.39 is 0 Å². The van der Waals surface area contributed by atoms with Crippen molar-refractivity contribution in [3.05, 3.63) is 0 Å². The molecule has 0 bridgehead atoms. The van der Waals surface area contributed by atoms with Crippen LogP contribution in [0.25, 0.3) is 0 Å². The minimum Gasteiger partial charge on any atom is -0.382 e. The third-order valence-electron chi connectivity index (χ3n) is 4.06. The standard InChI is InChI=1S/C15H29NO3/c1-3-7-16-13-11-14(15(13)19-10-9-17-2)18-8-6-12-4-5-12/h12-16H,3-11H2,1-2H3. The molecule has 2 aliphatic rings. The molecule has 2 saturated carbocycles. The maximum atomic E-state index is 5.98. The van der Waals surface area contributed by atoms with Crippen molar-refractivity contribution in [2.75, 3.05) is 33.5 Å². The van der Waals surface area contributed by atoms with E-state index >= 15 is 0 Å². The predicted octanol–water partition coefficient (Wildman–Crippen LogP) is 1.98. The van der Waals surface area contributed by atoms with Gasteiger partial charge in [0.25, 0.3) is 0 Å². The molecule has 3 unspecified atom stereocenters. The van der Waals surface area contributed by atoms with Gasteiger partial charge in [0.2, 0.25) is 0 Å². The first-order valence-electron chi connectivity index (χ1n) is 7.80. The smallest absolute Gasteiger partial charge is 0.0991 e. The van der Waals surface area contributed by atoms with Crippen molar-refractivity contribution < 1.29 is 14.2 Å². The van der Waals surface area contributed by atoms with Crippen LogP contribution in [0, 0.1) is 5.92 Å². The summed E-state index contributed by atoms with van der Waals surface area (Å²) in [5.74, 6) is 0.946. The highest BCUT2D eigenvalue weighted by atomic mass is 16.6. The van der Waals surface area contributed by atoms with E-state index in [1.807, 2.05) is 0 Å². The van der Waals surface area contributed by atoms with Crippen molar-refractivity contribution in [3.8, 4) is 0 Å². The third-order valence-corrected chi connectivity index (χ3v) is 4.06. The van der Waals surface area contributed by atoms with Crippen LogP contribution in [0.3, 0.4) is 0 Å². The summed E-state index contributed by atoms with van der Waals surface area (Å²) < 4.78 is 16.9. The van der Waals surface area contributed by atoms with Gasteiger partial charge in [0.05, 0.1) is 25.4 Å². The highest BCUT2D eigenvalue weighted by Crippen LogP contribution is 2.33. The van der Waals surface area contributed by atoms with Gasteiger partial charge >= 0.3 is 0 Å². The minimum atomic E-state index is 0.209. The van der Waals surface area contributed by atoms with Gasteiger partial charge in [-0.1, -0.05) is 19.8 Å². The molecule has 0 aliphatic heterocycles. The second-order valence-electron chi connectivity index (χ2n) is 5.77. The largest absolute Gasteiger partial charge is 0.382 e. The first-order chi connectivity index (χ1) is 9.35. The maximum Gasteiger partial charge on any atom is 0.0991 e. The van der Waals surface area contributed by atoms with Crippen LogP contribution in [0.2, 0.25) is 0 Å². The monoisotopic (exact) mass is 271 g/mol. The zero-order chi connectivity index (χ0) is 13.5. The van der Waals surface area contributed by atoms with Crippen molar-refractivity contribution in [1.29, 1.82) is 0 Å². The Bertz CT molecular complexity index is 246. The molecule has 0 amide bonds. The van der Waals surface area contributed by atoms with Crippen molar-refractivity contribution >= 4 is 0 Å². The fraction of sp³-hybridized carbons (Fsp3) is 1.00. The molecule has 19 heavy (non-hydrogen) atoms. The Morgan fingerprint density at radius 2 is 1.95 bits per heavy atom. The first kappa shape index (κ1) is 15.2. The lowest BCUT2D eigenvalue weighted by molar-refractivity contribution is -0.152. The third kappa shape index (κ3) is 5.03. The normalized spacial score (nSPS) is 30.3. The molecule has 0 radical (unpaired) electrons. The van der Waals surface area contributed by atoms with Crippen LogP contribution in [-0.2, 0) is 14.2 Å². The van der Waals surface area contributed by atoms with Crippen molar-refractivity contribution in [1.82, 2.24) is 5.32 Å². The molecular weight excluding hydrogens is 242 g/mol. The molecule has 0 aromatic rings. The summed E-state index contributed by atoms with van der Waals surface area (Å²) >= 11 is 0. The average Bonchev–Trinajstić information content (AvgIpc) is 3.21. The Balaban J connectivity index is 1.64. The number of methoxy groups -OCH3 is 1. The van der Waals surface area contributed by atoms with Crippen molar-refractivity contribution in [2.45, 2.75) is 57.3 Å². The molecule has 2 fully saturated rings. The number of nitrogens with one attached hydrogen (secondary N) is 1. The number of ether oxygens (including phenoxy) is 3. The summed E-state index contributed by atoms with van der Waals surface area (Å²) in [7, 11) is 1.71. The summed E-state index contributed by atoms with van der Waals surface area (Å²) in [4.78, 5) is 0. The van der Waals surface area contributed by atoms with Gasteiger partial charge in [0.15, 0.2) is 0 Å². The fourth-order valence-corrected chi connectivity index (χ4v) is 2.56. The Hall–Kier alpha value is -0.160. The lowest BCUT2D eigenvalue weighted by Gasteiger charge is -2.44. The van der Waals surface area contributed by atoms with E-state index in [0.29, 0.717) is 19.3 Å². The second-order valence-corrected chi connectivity index (χ2v) is 5.77. The van der Waals surface area contributed by atoms with E-state index in [0.717, 1.165) is 31.9 Å². The summed E-state index contributed by atoms with van der Waals surface area (Å²) in [6, 6.07) is 0.461. The lowest BCUT2D eigenvalue weighted by Crippen LogP contribution is -2.60. The minimum absolute atomic E-state index is 0.209. The van der Waals surface area contributed by atoms with Crippen LogP contribution in [0.15, 0.2) is 0 Å². The highest BCUT2D eigenvalue weighted by Gasteiger charge is 2.42. The molecule has 0 aromatic carbocycles. The van der Waals surface area contributed by atoms with Crippen LogP contribution in [0.5, 0.6) is 0 Å². The summed E-state index contributed by atoms with van der Waals surface area (Å²) in [6.45, 7) is 5.47. The molecule has 3 atom stereocenters. The van der Waals surface area contributed by atoms with Crippen LogP contribution in [0.1, 0.15) is 39.0 Å². The van der Waals surface area contributed by atoms with Crippen LogP contribution < -0.4 is 5.32 Å². The van der Waals surface area contributed by atoms with Gasteiger partial charge in [-0.2, -0.15) is 0 Å². The molecule has 0 aromatic heterocycles. The summed E-state index contributed by atoms with van der Waals surface area (Å²) in [5, 5.41) is 3.54. The zero-order valence-corrected chi connectivity index (χ0v) is 12.4. The maximum absolute atomic E-state index is 5.98. The number of rotatable bonds is 11. The molecule has 4 heteroatoms. The molecule has 1 N–H and O–H groups in total. The Morgan fingerprint density at radius 1 is 1.11 bits per heavy atom. The summed E-state index contributed by atoms with van der Waals surface area (Å²) in [5.41, 5.74) is 0. The van der Waals surface area contributed by atoms with Crippen LogP contribution in [-0.4, -0.2) is 51.7 Å². The molecule has 2 aliphatic carbocycles. The second kappa shape index (κ2) is 8.20. The molecule has 2 rings (SSSR count). The van der Waals surface area contributed by atoms with Crippen LogP contribution >= 0.6 is 0 Å². The zero-order valence-electron chi connectivity index (χ0n) is 12.4. The topological polar surface area (TPSA) is 39.7 Å². The predicted molar refractivity (Wildman–Crippen MR) is 75.4 cm³/mol. The SMILES string of the molecule is CCCNC1CC(OCCC2CC2)C1OCCOC. The van der Waals surface area contributed by atoms with Gasteiger partial charge in [-0.3, -0.25) is 0 Å². The van der Waals surface area contributed by atoms with Gasteiger partial charge < -0.3 is 19.5 Å². The Morgan fingerprint density at radius 3 is 2.63 bits per heavy atom. The molecule has 0 saturated heterocycles. The van der Waals surface area contributed by atoms with Gasteiger partial charge in [0, 0.05) is 19.8 Å². The molecule has 0 heterocycles. The average molecular weight is 271 g/mol. The number of hydrogen-bond donors (Lipinski definition) is 1. The van der Waals surface area contributed by atoms with Crippen molar-refractivity contribution in [2.24, 2.45) is 5.92 Å². The van der Waals surface area contributed by atoms with E-state index in [1.165, 1.54) is 19.3 Å². The first-order valence-corrected chi connectivity index (χ1v) is 7.80. The van der Waals surface area contributed by atoms with Crippen LogP contribution in [0.4, 0.5) is 0 Å². The van der Waals surface area contributed by atoms with Gasteiger partial charge in [-0.15, -0.1) is 0 Å². The van der Waals surface area contributed by atoms with Gasteiger partial charge in [-0.05, 0) is 31.7 Å². The number of hydrogen-bond acceptors (Lipinski definition) is 4. The fourth-order valence-electron chi connectivity index (χ4n) is 2.56. The van der Waals surface area contributed by atoms with E-state index in [-0.39, 0.29) is 12.2 Å². The molecule has 4 nitrogen and oxygen atoms in total. The molecular formula is C15H29NO3. The van der Waals surface area contributed by atoms with Crippen molar-refractivity contribution in [3.63, 3.8) is 0 Å². The Kier molecular flexibility index (Phi) is 6.57. The van der Waals surface area contributed by atoms with E-state index in [2.05, 4.69) is 12.2 Å². The highest BCUT2D eigenvalue weighted by molar-refractivity contribution is 4.97. The lowest BCUT2D eigenvalue weighted by atomic mass is 9.85. The Labute approximate surface area is 117 Å². The summed E-state index contributed by atoms with van der Waals surface area (Å²) in [6.07, 6.45) is 6.78. The molecule has 112 valence electrons. The quantitative estimate of drug-likeness (QED) is 0.583. The van der Waals surface area contributed by atoms with E-state index in [1.54, 1.807) is 7.11 Å². The molecule has 0 spiro atoms.